The highest BCUT2D eigenvalue weighted by Crippen LogP contribution is 2.26. The average molecular weight is 416 g/mol. The summed E-state index contributed by atoms with van der Waals surface area (Å²) < 4.78 is 2.14. The molecular formula is C21H26ClN5S. The summed E-state index contributed by atoms with van der Waals surface area (Å²) >= 11 is 7.91. The van der Waals surface area contributed by atoms with Crippen LogP contribution in [0.25, 0.3) is 5.13 Å². The number of hydrogen-bond acceptors (Lipinski definition) is 5. The van der Waals surface area contributed by atoms with Crippen LogP contribution in [0.3, 0.4) is 0 Å². The van der Waals surface area contributed by atoms with E-state index in [0.717, 1.165) is 47.9 Å². The van der Waals surface area contributed by atoms with Crippen LogP contribution in [0.4, 0.5) is 5.13 Å². The Morgan fingerprint density at radius 1 is 0.964 bits per heavy atom. The number of nitrogens with zero attached hydrogens (tertiary/aromatic N) is 4. The highest BCUT2D eigenvalue weighted by Gasteiger charge is 2.16. The van der Waals surface area contributed by atoms with E-state index in [4.69, 9.17) is 11.6 Å². The Balaban J connectivity index is 1.36. The summed E-state index contributed by atoms with van der Waals surface area (Å²) in [4.78, 5) is 2.39. The van der Waals surface area contributed by atoms with Crippen LogP contribution in [0.2, 0.25) is 5.02 Å². The molecular weight excluding hydrogens is 390 g/mol. The Kier molecular flexibility index (Phi) is 6.62. The maximum absolute atomic E-state index is 6.23. The predicted molar refractivity (Wildman–Crippen MR) is 117 cm³/mol. The van der Waals surface area contributed by atoms with E-state index in [-0.39, 0.29) is 0 Å². The van der Waals surface area contributed by atoms with Crippen molar-refractivity contribution in [3.8, 4) is 5.13 Å². The van der Waals surface area contributed by atoms with Crippen LogP contribution in [0.15, 0.2) is 42.6 Å². The van der Waals surface area contributed by atoms with E-state index in [9.17, 15) is 0 Å². The molecule has 28 heavy (non-hydrogen) atoms. The molecule has 0 atom stereocenters. The zero-order chi connectivity index (χ0) is 19.2. The smallest absolute Gasteiger partial charge is 0.218 e. The number of benzene rings is 1. The first-order valence-electron chi connectivity index (χ1n) is 10.0. The van der Waals surface area contributed by atoms with Crippen molar-refractivity contribution in [3.63, 3.8) is 0 Å². The summed E-state index contributed by atoms with van der Waals surface area (Å²) in [7, 11) is 0. The van der Waals surface area contributed by atoms with Crippen molar-refractivity contribution in [2.45, 2.75) is 38.6 Å². The van der Waals surface area contributed by atoms with E-state index in [1.165, 1.54) is 36.9 Å². The van der Waals surface area contributed by atoms with Gasteiger partial charge < -0.3 is 10.2 Å². The van der Waals surface area contributed by atoms with Crippen LogP contribution >= 0.6 is 22.9 Å². The third-order valence-electron chi connectivity index (χ3n) is 5.15. The van der Waals surface area contributed by atoms with E-state index in [1.807, 2.05) is 18.2 Å². The predicted octanol–water partition coefficient (Wildman–Crippen LogP) is 4.69. The van der Waals surface area contributed by atoms with Gasteiger partial charge in [0.15, 0.2) is 0 Å². The van der Waals surface area contributed by atoms with Crippen LogP contribution < -0.4 is 10.2 Å². The molecule has 0 radical (unpaired) electrons. The molecule has 1 fully saturated rings. The second-order valence-electron chi connectivity index (χ2n) is 7.16. The molecule has 1 saturated heterocycles. The van der Waals surface area contributed by atoms with Gasteiger partial charge in [-0.2, -0.15) is 0 Å². The normalized spacial score (nSPS) is 15.0. The first-order chi connectivity index (χ1) is 13.8. The van der Waals surface area contributed by atoms with Gasteiger partial charge in [-0.05, 0) is 49.6 Å². The van der Waals surface area contributed by atoms with Gasteiger partial charge >= 0.3 is 0 Å². The van der Waals surface area contributed by atoms with Gasteiger partial charge in [0.25, 0.3) is 0 Å². The molecule has 3 aromatic rings. The molecule has 0 unspecified atom stereocenters. The van der Waals surface area contributed by atoms with E-state index < -0.39 is 0 Å². The summed E-state index contributed by atoms with van der Waals surface area (Å²) in [6, 6.07) is 12.2. The number of nitrogens with one attached hydrogen (secondary N) is 1. The molecule has 1 N–H and O–H groups in total. The molecule has 4 rings (SSSR count). The second kappa shape index (κ2) is 9.54. The van der Waals surface area contributed by atoms with E-state index in [1.54, 1.807) is 11.3 Å². The summed E-state index contributed by atoms with van der Waals surface area (Å²) in [6.45, 7) is 3.85. The van der Waals surface area contributed by atoms with Crippen LogP contribution in [0.1, 0.15) is 36.9 Å². The third-order valence-corrected chi connectivity index (χ3v) is 6.51. The largest absolute Gasteiger partial charge is 0.347 e. The lowest BCUT2D eigenvalue weighted by atomic mass is 10.1. The van der Waals surface area contributed by atoms with Crippen LogP contribution in [0, 0.1) is 0 Å². The van der Waals surface area contributed by atoms with Gasteiger partial charge in [-0.1, -0.05) is 54.0 Å². The molecule has 0 amide bonds. The molecule has 5 nitrogen and oxygen atoms in total. The molecule has 0 saturated carbocycles. The summed E-state index contributed by atoms with van der Waals surface area (Å²) in [5, 5.41) is 15.3. The monoisotopic (exact) mass is 415 g/mol. The molecule has 0 spiro atoms. The molecule has 0 aliphatic carbocycles. The summed E-state index contributed by atoms with van der Waals surface area (Å²) in [5.41, 5.74) is 2.37. The van der Waals surface area contributed by atoms with Gasteiger partial charge in [-0.25, -0.2) is 0 Å². The zero-order valence-electron chi connectivity index (χ0n) is 16.0. The van der Waals surface area contributed by atoms with Gasteiger partial charge in [-0.3, -0.25) is 4.57 Å². The lowest BCUT2D eigenvalue weighted by Gasteiger charge is -2.17. The van der Waals surface area contributed by atoms with E-state index in [2.05, 4.69) is 49.4 Å². The minimum Gasteiger partial charge on any atom is -0.347 e. The second-order valence-corrected chi connectivity index (χ2v) is 8.50. The topological polar surface area (TPSA) is 46.0 Å². The first kappa shape index (κ1) is 19.4. The Bertz CT molecular complexity index is 882. The van der Waals surface area contributed by atoms with E-state index in [0.29, 0.717) is 0 Å². The van der Waals surface area contributed by atoms with E-state index >= 15 is 0 Å². The fraction of sp³-hybridized carbons (Fsp3) is 0.429. The lowest BCUT2D eigenvalue weighted by Crippen LogP contribution is -2.23. The number of hydrogen-bond donors (Lipinski definition) is 1. The van der Waals surface area contributed by atoms with Crippen LogP contribution in [0.5, 0.6) is 0 Å². The molecule has 1 aliphatic heterocycles. The average Bonchev–Trinajstić information content (AvgIpc) is 3.29. The first-order valence-corrected chi connectivity index (χ1v) is 11.2. The van der Waals surface area contributed by atoms with Crippen LogP contribution in [-0.4, -0.2) is 34.4 Å². The number of anilines is 1. The highest BCUT2D eigenvalue weighted by atomic mass is 35.5. The molecule has 3 heterocycles. The molecule has 0 bridgehead atoms. The quantitative estimate of drug-likeness (QED) is 0.568. The van der Waals surface area contributed by atoms with Crippen molar-refractivity contribution in [3.05, 3.63) is 58.9 Å². The van der Waals surface area contributed by atoms with Crippen molar-refractivity contribution in [1.82, 2.24) is 20.1 Å². The molecule has 1 aromatic carbocycles. The van der Waals surface area contributed by atoms with Crippen molar-refractivity contribution in [1.29, 1.82) is 0 Å². The minimum absolute atomic E-state index is 0.788. The SMILES string of the molecule is Clc1ccccc1CCNCc1cccn1-c1nnc(N2CCCCCC2)s1. The molecule has 148 valence electrons. The number of halogens is 1. The standard InChI is InChI=1S/C21H26ClN5S/c22-19-10-4-3-8-17(19)11-12-23-16-18-9-7-15-27(18)21-25-24-20(28-21)26-13-5-1-2-6-14-26/h3-4,7-10,15,23H,1-2,5-6,11-14,16H2. The fourth-order valence-corrected chi connectivity index (χ4v) is 4.73. The lowest BCUT2D eigenvalue weighted by molar-refractivity contribution is 0.664. The Hall–Kier alpha value is -1.89. The Morgan fingerprint density at radius 2 is 1.75 bits per heavy atom. The number of aromatic nitrogens is 3. The Labute approximate surface area is 175 Å². The van der Waals surface area contributed by atoms with Crippen molar-refractivity contribution >= 4 is 28.1 Å². The highest BCUT2D eigenvalue weighted by molar-refractivity contribution is 7.17. The summed E-state index contributed by atoms with van der Waals surface area (Å²) in [5.74, 6) is 0. The number of rotatable bonds is 7. The third kappa shape index (κ3) is 4.74. The fourth-order valence-electron chi connectivity index (χ4n) is 3.58. The van der Waals surface area contributed by atoms with Gasteiger partial charge in [0.05, 0.1) is 0 Å². The zero-order valence-corrected chi connectivity index (χ0v) is 17.6. The molecule has 7 heteroatoms. The van der Waals surface area contributed by atoms with Gasteiger partial charge in [0, 0.05) is 36.5 Å². The maximum Gasteiger partial charge on any atom is 0.218 e. The molecule has 1 aliphatic rings. The van der Waals surface area contributed by atoms with Crippen molar-refractivity contribution < 1.29 is 0 Å². The van der Waals surface area contributed by atoms with Crippen molar-refractivity contribution in [2.24, 2.45) is 0 Å². The Morgan fingerprint density at radius 3 is 2.57 bits per heavy atom. The maximum atomic E-state index is 6.23. The van der Waals surface area contributed by atoms with Gasteiger partial charge in [-0.15, -0.1) is 10.2 Å². The van der Waals surface area contributed by atoms with Crippen molar-refractivity contribution in [2.75, 3.05) is 24.5 Å². The van der Waals surface area contributed by atoms with Gasteiger partial charge in [0.2, 0.25) is 10.3 Å². The summed E-state index contributed by atoms with van der Waals surface area (Å²) in [6.07, 6.45) is 8.13. The minimum atomic E-state index is 0.788. The molecule has 2 aromatic heterocycles. The van der Waals surface area contributed by atoms with Gasteiger partial charge in [0.1, 0.15) is 0 Å². The van der Waals surface area contributed by atoms with Crippen LogP contribution in [-0.2, 0) is 13.0 Å².